The molecule has 7 heterocycles. The number of phenols is 1. The lowest BCUT2D eigenvalue weighted by atomic mass is 9.87. The molecule has 40 nitrogen and oxygen atoms in total. The van der Waals surface area contributed by atoms with Gasteiger partial charge < -0.3 is 114 Å². The Morgan fingerprint density at radius 1 is 0.771 bits per heavy atom. The van der Waals surface area contributed by atoms with Crippen LogP contribution in [0.1, 0.15) is 148 Å². The van der Waals surface area contributed by atoms with Gasteiger partial charge >= 0.3 is 12.1 Å². The van der Waals surface area contributed by atoms with Crippen molar-refractivity contribution in [1.29, 1.82) is 5.41 Å². The largest absolute Gasteiger partial charge is 0.508 e. The van der Waals surface area contributed by atoms with Crippen LogP contribution in [0.2, 0.25) is 0 Å². The number of aromatic nitrogens is 6. The van der Waals surface area contributed by atoms with Gasteiger partial charge in [0.05, 0.1) is 61.8 Å². The number of nitrogens with zero attached hydrogens (tertiary/aromatic N) is 5. The number of nitrogens with two attached hydrogens (primary N) is 2. The number of aryl methyl sites for hydroxylation is 1. The molecule has 708 valence electrons. The van der Waals surface area contributed by atoms with Gasteiger partial charge in [-0.15, -0.1) is 5.10 Å². The summed E-state index contributed by atoms with van der Waals surface area (Å²) in [6, 6.07) is -0.884. The van der Waals surface area contributed by atoms with E-state index in [4.69, 9.17) is 31.1 Å². The summed E-state index contributed by atoms with van der Waals surface area (Å²) in [6.45, 7) is 11.8. The van der Waals surface area contributed by atoms with E-state index in [1.807, 2.05) is 64.2 Å². The third-order valence-corrected chi connectivity index (χ3v) is 22.7. The van der Waals surface area contributed by atoms with E-state index in [9.17, 15) is 68.1 Å². The van der Waals surface area contributed by atoms with Gasteiger partial charge in [0.15, 0.2) is 5.96 Å². The lowest BCUT2D eigenvalue weighted by Gasteiger charge is -2.39. The number of benzene rings is 2. The molecule has 4 aliphatic heterocycles. The molecule has 3 fully saturated rings. The number of phenolic OH excluding ortho intramolecular Hbond substituents is 1. The maximum Gasteiger partial charge on any atom is 0.407 e. The molecule has 4 aliphatic rings. The lowest BCUT2D eigenvalue weighted by Crippen LogP contribution is -2.61. The first-order valence-corrected chi connectivity index (χ1v) is 44.3. The fourth-order valence-corrected chi connectivity index (χ4v) is 15.9. The number of esters is 1. The number of para-hydroxylation sites is 1. The number of allylic oxidation sites excluding steroid dienone is 7. The average molecular weight is 1820 g/mol. The van der Waals surface area contributed by atoms with Crippen molar-refractivity contribution >= 4 is 93.9 Å². The van der Waals surface area contributed by atoms with Gasteiger partial charge in [0.2, 0.25) is 65.0 Å². The number of H-pyrrole nitrogens is 2. The van der Waals surface area contributed by atoms with Crippen molar-refractivity contribution in [3.63, 3.8) is 0 Å². The Labute approximate surface area is 759 Å². The van der Waals surface area contributed by atoms with Crippen molar-refractivity contribution < 1.29 is 91.9 Å². The standard InChI is InChI=1S/C91H125N21O19/c1-8-16-76-56(7)75(115)45-77(131-76)65(21-11-17-53(4)40-55(6)41-54(5)26-31-62-18-12-25-80(118)130-62)108-91(128)129-38-34-59-49-111(110-109-59)36-14-23-66(81(119)103-69(39-52(2)3)83(121)102-68(22-13-35-96-90(93)94)89(127)112-37-15-24-74(112)88(126)98-48-78(92)116)101-84(122)70(42-57-27-29-61(114)30-28-57)104-87(125)73(50-113)107-85(123)71(43-58-46-97-64-20-10-9-19-63(58)64)105-86(124)72(44-60-47-95-51-99-60)106-82(120)67-32-33-79(117)100-67/h8-12,16-17,19-21,25-31,41,46-47,49,51-52,55-56,62,65-77,97,113-115H,13-15,18,22-24,32-40,42-45,48,50H2,1-7H3,(H2,92,116)(H,95,99)(H,98,126)(H,100,117)(H,101,122)(H,102,121)(H,103,119)(H,104,125)(H,105,124)(H,106,120)(H,107,123)(H,108,128)(H4,93,94,96)/b16-8+,21-11+,31-26+,53-17+,54-41-/t55-,56+,62-,65-,66+,67+,68+,69+,70+,71+,72+,73+,74+,75-,76?,77?/m1/s1. The van der Waals surface area contributed by atoms with Gasteiger partial charge in [0.1, 0.15) is 66.2 Å². The number of rotatable bonds is 48. The molecule has 16 atom stereocenters. The minimum absolute atomic E-state index is 0.0318. The van der Waals surface area contributed by atoms with E-state index in [2.05, 4.69) is 96.7 Å². The summed E-state index contributed by atoms with van der Waals surface area (Å²) in [5, 5.41) is 79.3. The van der Waals surface area contributed by atoms with E-state index in [0.717, 1.165) is 11.1 Å². The Morgan fingerprint density at radius 2 is 1.45 bits per heavy atom. The number of hydrogen-bond acceptors (Lipinski definition) is 23. The Hall–Kier alpha value is -13.4. The fraction of sp³-hybridized carbons (Fsp3) is 0.505. The predicted octanol–water partition coefficient (Wildman–Crippen LogP) is 1.53. The molecule has 0 bridgehead atoms. The van der Waals surface area contributed by atoms with E-state index in [-0.39, 0.29) is 157 Å². The molecule has 3 aromatic heterocycles. The van der Waals surface area contributed by atoms with E-state index < -0.39 is 157 Å². The number of likely N-dealkylation sites (tertiary alicyclic amines) is 1. The Kier molecular flexibility index (Phi) is 39.1. The quantitative estimate of drug-likeness (QED) is 0.00656. The second-order valence-electron chi connectivity index (χ2n) is 33.9. The van der Waals surface area contributed by atoms with Crippen LogP contribution in [-0.2, 0) is 104 Å². The SMILES string of the molecule is C/C=C/C1OC([C@@H](/C=C/C=C(\C)C[C@@H](C)/C=C(C)\C=C\[C@H]2CC=CC(=O)O2)NC(=O)OCCc2cn(CCC[C@H](NC(=O)[C@H](Cc3ccc(O)cc3)NC(=O)[C@H](CO)NC(=O)[C@H](Cc3c[nH]c4ccccc34)NC(=O)[C@H](Cc3c[nH]cn3)NC(=O)[C@@H]3CCC(=O)N3)C(=O)N[C@@H](CC(C)C)C(=O)N[C@@H](CCCNC(=N)N)C(=O)N3CCC[C@H]3C(=O)NCC(N)=O)nn2)C[C@@H](O)[C@@H]1C. The van der Waals surface area contributed by atoms with Crippen LogP contribution in [0.25, 0.3) is 10.9 Å². The molecular weight excluding hydrogens is 1690 g/mol. The Bertz CT molecular complexity index is 4960. The number of fused-ring (bicyclic) bond motifs is 1. The van der Waals surface area contributed by atoms with Crippen LogP contribution in [-0.4, -0.2) is 251 Å². The average Bonchev–Trinajstić information content (AvgIpc) is 1.78. The summed E-state index contributed by atoms with van der Waals surface area (Å²) >= 11 is 0. The molecule has 12 amide bonds. The van der Waals surface area contributed by atoms with E-state index in [1.165, 1.54) is 52.4 Å². The number of amides is 12. The van der Waals surface area contributed by atoms with Crippen LogP contribution in [0.5, 0.6) is 5.75 Å². The van der Waals surface area contributed by atoms with Gasteiger partial charge in [-0.3, -0.25) is 62.8 Å². The first kappa shape index (κ1) is 101. The normalized spacial score (nSPS) is 20.3. The van der Waals surface area contributed by atoms with Gasteiger partial charge in [0.25, 0.3) is 0 Å². The van der Waals surface area contributed by atoms with Crippen molar-refractivity contribution in [2.24, 2.45) is 29.2 Å². The van der Waals surface area contributed by atoms with Crippen molar-refractivity contribution in [2.75, 3.05) is 32.8 Å². The molecule has 2 aromatic carbocycles. The number of guanidine groups is 1. The third kappa shape index (κ3) is 32.4. The molecule has 0 radical (unpaired) electrons. The molecule has 0 spiro atoms. The van der Waals surface area contributed by atoms with Gasteiger partial charge in [-0.25, -0.2) is 14.6 Å². The number of aliphatic hydroxyl groups is 2. The number of hydrogen-bond donors (Lipinski definition) is 19. The molecule has 40 heteroatoms. The fourth-order valence-electron chi connectivity index (χ4n) is 15.9. The van der Waals surface area contributed by atoms with E-state index >= 15 is 9.59 Å². The Morgan fingerprint density at radius 3 is 2.14 bits per heavy atom. The topological polar surface area (TPSA) is 597 Å². The van der Waals surface area contributed by atoms with Crippen LogP contribution in [0, 0.1) is 23.2 Å². The maximum absolute atomic E-state index is 15.4. The first-order chi connectivity index (χ1) is 62.7. The molecule has 21 N–H and O–H groups in total. The molecule has 131 heavy (non-hydrogen) atoms. The summed E-state index contributed by atoms with van der Waals surface area (Å²) in [5.41, 5.74) is 15.2. The number of alkyl carbamates (subject to hydrolysis) is 1. The number of imidazole rings is 1. The summed E-state index contributed by atoms with van der Waals surface area (Å²) < 4.78 is 19.0. The summed E-state index contributed by atoms with van der Waals surface area (Å²) in [4.78, 5) is 193. The zero-order valence-corrected chi connectivity index (χ0v) is 74.8. The molecular formula is C91H125N21O19. The summed E-state index contributed by atoms with van der Waals surface area (Å²) in [7, 11) is 0. The highest BCUT2D eigenvalue weighted by Crippen LogP contribution is 2.30. The number of nitrogens with one attached hydrogen (secondary N) is 14. The number of carbonyl (C=O) groups excluding carboxylic acids is 13. The number of cyclic esters (lactones) is 1. The Balaban J connectivity index is 0.942. The number of aliphatic hydroxyl groups excluding tert-OH is 2. The number of aromatic amines is 2. The highest BCUT2D eigenvalue weighted by Gasteiger charge is 2.42. The van der Waals surface area contributed by atoms with Crippen molar-refractivity contribution in [2.45, 2.75) is 243 Å². The third-order valence-electron chi connectivity index (χ3n) is 22.7. The number of ether oxygens (including phenoxy) is 3. The molecule has 0 saturated carbocycles. The molecule has 5 aromatic rings. The van der Waals surface area contributed by atoms with Crippen molar-refractivity contribution in [3.8, 4) is 5.75 Å². The number of primary amides is 1. The van der Waals surface area contributed by atoms with Crippen molar-refractivity contribution in [3.05, 3.63) is 168 Å². The second kappa shape index (κ2) is 50.6. The molecule has 2 unspecified atom stereocenters. The minimum Gasteiger partial charge on any atom is -0.508 e. The number of aromatic hydroxyl groups is 1. The van der Waals surface area contributed by atoms with E-state index in [1.54, 1.807) is 62.7 Å². The van der Waals surface area contributed by atoms with Gasteiger partial charge in [-0.05, 0) is 126 Å². The number of carbonyl (C=O) groups is 13. The highest BCUT2D eigenvalue weighted by atomic mass is 16.6. The summed E-state index contributed by atoms with van der Waals surface area (Å²) in [5.74, 6) is -10.3. The second-order valence-corrected chi connectivity index (χ2v) is 33.9. The van der Waals surface area contributed by atoms with Gasteiger partial charge in [-0.1, -0.05) is 123 Å². The lowest BCUT2D eigenvalue weighted by molar-refractivity contribution is -0.142. The van der Waals surface area contributed by atoms with Crippen LogP contribution in [0.4, 0.5) is 4.79 Å². The molecule has 0 aliphatic carbocycles. The van der Waals surface area contributed by atoms with Crippen LogP contribution >= 0.6 is 0 Å². The minimum atomic E-state index is -1.87. The monoisotopic (exact) mass is 1820 g/mol. The first-order valence-electron chi connectivity index (χ1n) is 44.3. The van der Waals surface area contributed by atoms with Gasteiger partial charge in [0, 0.05) is 106 Å². The predicted molar refractivity (Wildman–Crippen MR) is 481 cm³/mol. The molecule has 9 rings (SSSR count). The zero-order valence-electron chi connectivity index (χ0n) is 74.8. The van der Waals surface area contributed by atoms with E-state index in [0.29, 0.717) is 52.7 Å². The summed E-state index contributed by atoms with van der Waals surface area (Å²) in [6.07, 6.45) is 23.0. The van der Waals surface area contributed by atoms with Crippen LogP contribution < -0.4 is 70.0 Å². The zero-order chi connectivity index (χ0) is 94.8. The van der Waals surface area contributed by atoms with Crippen molar-refractivity contribution in [1.82, 2.24) is 93.3 Å². The maximum atomic E-state index is 15.4. The van der Waals surface area contributed by atoms with Crippen LogP contribution in [0.3, 0.4) is 0 Å². The highest BCUT2D eigenvalue weighted by molar-refractivity contribution is 6.00. The smallest absolute Gasteiger partial charge is 0.407 e. The molecule has 3 saturated heterocycles. The van der Waals surface area contributed by atoms with Crippen LogP contribution in [0.15, 0.2) is 145 Å². The van der Waals surface area contributed by atoms with Gasteiger partial charge in [-0.2, -0.15) is 0 Å².